The van der Waals surface area contributed by atoms with Crippen molar-refractivity contribution in [3.05, 3.63) is 41.0 Å². The smallest absolute Gasteiger partial charge is 0.317 e. The van der Waals surface area contributed by atoms with Gasteiger partial charge in [-0.05, 0) is 88.2 Å². The zero-order valence-corrected chi connectivity index (χ0v) is 26.1. The molecule has 0 aliphatic carbocycles. The van der Waals surface area contributed by atoms with Gasteiger partial charge in [0.2, 0.25) is 0 Å². The Hall–Kier alpha value is -1.51. The van der Waals surface area contributed by atoms with Gasteiger partial charge in [-0.1, -0.05) is 45.0 Å². The number of rotatable bonds is 8. The molecule has 2 aliphatic heterocycles. The van der Waals surface area contributed by atoms with Gasteiger partial charge in [-0.15, -0.1) is 0 Å². The summed E-state index contributed by atoms with van der Waals surface area (Å²) in [5.41, 5.74) is 2.54. The van der Waals surface area contributed by atoms with Crippen LogP contribution in [-0.2, 0) is 18.7 Å². The Kier molecular flexibility index (Phi) is 10.1. The molecule has 0 radical (unpaired) electrons. The molecule has 2 saturated heterocycles. The highest BCUT2D eigenvalue weighted by Gasteiger charge is 2.47. The lowest BCUT2D eigenvalue weighted by molar-refractivity contribution is -0.307. The minimum absolute atomic E-state index is 0.0735. The molecular weight excluding hydrogens is 496 g/mol. The van der Waals surface area contributed by atoms with E-state index < -0.39 is 32.1 Å². The van der Waals surface area contributed by atoms with E-state index in [1.165, 1.54) is 0 Å². The first-order valence-corrected chi connectivity index (χ1v) is 17.2. The molecule has 2 heterocycles. The fourth-order valence-electron chi connectivity index (χ4n) is 5.15. The minimum Gasteiger partial charge on any atom is -0.426 e. The van der Waals surface area contributed by atoms with Gasteiger partial charge in [-0.3, -0.25) is 4.79 Å². The summed E-state index contributed by atoms with van der Waals surface area (Å²) >= 11 is 0. The Bertz CT molecular complexity index is 968. The van der Waals surface area contributed by atoms with Gasteiger partial charge in [-0.2, -0.15) is 0 Å². The Morgan fingerprint density at radius 1 is 1.24 bits per heavy atom. The molecule has 2 aliphatic rings. The van der Waals surface area contributed by atoms with Crippen LogP contribution in [0.1, 0.15) is 84.3 Å². The third-order valence-corrected chi connectivity index (χ3v) is 13.2. The number of hydrogen-bond donors (Lipinski definition) is 1. The standard InChI is InChI=1S/C31H50O6Si/c1-21(27(32)24(4)29(33)35-28-22(2)13-12-14-23(28)3)15-16-25-19-26(37-38(8,9)30(5,6)7)20-31(36-25)17-10-11-18-34-31/h12-15,24-27,32H,10-11,16-20H2,1-9H3. The van der Waals surface area contributed by atoms with Crippen LogP contribution >= 0.6 is 0 Å². The van der Waals surface area contributed by atoms with Gasteiger partial charge in [0.25, 0.3) is 0 Å². The van der Waals surface area contributed by atoms with Crippen LogP contribution in [0.15, 0.2) is 29.8 Å². The molecule has 0 bridgehead atoms. The minimum atomic E-state index is -1.95. The van der Waals surface area contributed by atoms with E-state index in [0.717, 1.165) is 48.8 Å². The SMILES string of the molecule is CC(=CCC1CC(O[Si](C)(C)C(C)(C)C)CC2(CCCCO2)O1)C(O)C(C)C(=O)Oc1c(C)cccc1C. The fourth-order valence-corrected chi connectivity index (χ4v) is 6.51. The van der Waals surface area contributed by atoms with Crippen molar-refractivity contribution in [3.8, 4) is 5.75 Å². The molecule has 0 aromatic heterocycles. The van der Waals surface area contributed by atoms with Crippen molar-refractivity contribution in [1.29, 1.82) is 0 Å². The molecule has 5 unspecified atom stereocenters. The summed E-state index contributed by atoms with van der Waals surface area (Å²) in [6.07, 6.45) is 6.30. The topological polar surface area (TPSA) is 74.2 Å². The van der Waals surface area contributed by atoms with Crippen molar-refractivity contribution >= 4 is 14.3 Å². The average Bonchev–Trinajstić information content (AvgIpc) is 2.83. The first kappa shape index (κ1) is 31.0. The molecule has 214 valence electrons. The molecule has 38 heavy (non-hydrogen) atoms. The zero-order chi connectivity index (χ0) is 28.3. The summed E-state index contributed by atoms with van der Waals surface area (Å²) in [4.78, 5) is 12.9. The third kappa shape index (κ3) is 7.57. The monoisotopic (exact) mass is 546 g/mol. The highest BCUT2D eigenvalue weighted by molar-refractivity contribution is 6.74. The van der Waals surface area contributed by atoms with Crippen molar-refractivity contribution in [3.63, 3.8) is 0 Å². The predicted molar refractivity (Wildman–Crippen MR) is 154 cm³/mol. The number of carbonyl (C=O) groups is 1. The molecule has 2 fully saturated rings. The second-order valence-corrected chi connectivity index (χ2v) is 17.7. The van der Waals surface area contributed by atoms with E-state index in [1.54, 1.807) is 6.92 Å². The van der Waals surface area contributed by atoms with E-state index >= 15 is 0 Å². The maximum Gasteiger partial charge on any atom is 0.317 e. The van der Waals surface area contributed by atoms with E-state index in [0.29, 0.717) is 18.8 Å². The maximum atomic E-state index is 12.9. The van der Waals surface area contributed by atoms with Crippen molar-refractivity contribution in [1.82, 2.24) is 0 Å². The van der Waals surface area contributed by atoms with E-state index in [2.05, 4.69) is 33.9 Å². The van der Waals surface area contributed by atoms with Crippen LogP contribution < -0.4 is 4.74 Å². The normalized spacial score (nSPS) is 26.7. The average molecular weight is 547 g/mol. The number of benzene rings is 1. The summed E-state index contributed by atoms with van der Waals surface area (Å²) < 4.78 is 25.4. The lowest BCUT2D eigenvalue weighted by atomic mass is 9.91. The van der Waals surface area contributed by atoms with Crippen molar-refractivity contribution in [2.24, 2.45) is 5.92 Å². The van der Waals surface area contributed by atoms with Crippen LogP contribution in [0, 0.1) is 19.8 Å². The van der Waals surface area contributed by atoms with Crippen LogP contribution in [0.2, 0.25) is 18.1 Å². The van der Waals surface area contributed by atoms with Crippen LogP contribution in [0.4, 0.5) is 0 Å². The van der Waals surface area contributed by atoms with Gasteiger partial charge >= 0.3 is 5.97 Å². The van der Waals surface area contributed by atoms with Gasteiger partial charge in [0.05, 0.1) is 30.8 Å². The Labute approximate surface area is 231 Å². The summed E-state index contributed by atoms with van der Waals surface area (Å²) in [7, 11) is -1.95. The van der Waals surface area contributed by atoms with E-state index in [4.69, 9.17) is 18.6 Å². The summed E-state index contributed by atoms with van der Waals surface area (Å²) in [6.45, 7) is 19.5. The zero-order valence-electron chi connectivity index (χ0n) is 25.1. The number of hydrogen-bond acceptors (Lipinski definition) is 6. The van der Waals surface area contributed by atoms with Gasteiger partial charge in [-0.25, -0.2) is 0 Å². The molecule has 5 atom stereocenters. The predicted octanol–water partition coefficient (Wildman–Crippen LogP) is 7.01. The number of aryl methyl sites for hydroxylation is 2. The molecule has 1 N–H and O–H groups in total. The van der Waals surface area contributed by atoms with Gasteiger partial charge in [0.15, 0.2) is 14.1 Å². The molecular formula is C31H50O6Si. The molecule has 6 nitrogen and oxygen atoms in total. The highest BCUT2D eigenvalue weighted by Crippen LogP contribution is 2.43. The quantitative estimate of drug-likeness (QED) is 0.164. The van der Waals surface area contributed by atoms with E-state index in [1.807, 2.05) is 45.0 Å². The van der Waals surface area contributed by atoms with Crippen LogP contribution in [0.3, 0.4) is 0 Å². The van der Waals surface area contributed by atoms with Gasteiger partial charge < -0.3 is 23.7 Å². The molecule has 0 saturated carbocycles. The van der Waals surface area contributed by atoms with E-state index in [-0.39, 0.29) is 17.2 Å². The summed E-state index contributed by atoms with van der Waals surface area (Å²) in [5, 5.41) is 11.1. The van der Waals surface area contributed by atoms with Crippen LogP contribution in [0.5, 0.6) is 5.75 Å². The molecule has 3 rings (SSSR count). The largest absolute Gasteiger partial charge is 0.426 e. The fraction of sp³-hybridized carbons (Fsp3) is 0.710. The molecule has 1 aromatic rings. The van der Waals surface area contributed by atoms with Crippen molar-refractivity contribution < 1.29 is 28.5 Å². The number of carbonyl (C=O) groups excluding carboxylic acids is 1. The van der Waals surface area contributed by atoms with Crippen LogP contribution in [-0.4, -0.2) is 50.1 Å². The van der Waals surface area contributed by atoms with E-state index in [9.17, 15) is 9.90 Å². The maximum absolute atomic E-state index is 12.9. The highest BCUT2D eigenvalue weighted by atomic mass is 28.4. The Balaban J connectivity index is 1.68. The first-order chi connectivity index (χ1) is 17.6. The third-order valence-electron chi connectivity index (χ3n) is 8.66. The molecule has 1 aromatic carbocycles. The molecule has 7 heteroatoms. The number of ether oxygens (including phenoxy) is 3. The summed E-state index contributed by atoms with van der Waals surface area (Å²) in [6, 6.07) is 5.76. The number of aliphatic hydroxyl groups is 1. The Morgan fingerprint density at radius 2 is 1.89 bits per heavy atom. The number of aliphatic hydroxyl groups excluding tert-OH is 1. The first-order valence-electron chi connectivity index (χ1n) is 14.3. The van der Waals surface area contributed by atoms with Crippen molar-refractivity contribution in [2.75, 3.05) is 6.61 Å². The second-order valence-electron chi connectivity index (χ2n) is 13.0. The van der Waals surface area contributed by atoms with Crippen molar-refractivity contribution in [2.45, 2.75) is 129 Å². The molecule has 1 spiro atoms. The number of esters is 1. The summed E-state index contributed by atoms with van der Waals surface area (Å²) in [5.74, 6) is -1.15. The lowest BCUT2D eigenvalue weighted by Crippen LogP contribution is -2.53. The second kappa shape index (κ2) is 12.3. The Morgan fingerprint density at radius 3 is 2.47 bits per heavy atom. The van der Waals surface area contributed by atoms with Crippen LogP contribution in [0.25, 0.3) is 0 Å². The molecule has 0 amide bonds. The number of para-hydroxylation sites is 1. The lowest BCUT2D eigenvalue weighted by Gasteiger charge is -2.49. The van der Waals surface area contributed by atoms with Gasteiger partial charge in [0.1, 0.15) is 5.75 Å². The van der Waals surface area contributed by atoms with Gasteiger partial charge in [0, 0.05) is 12.8 Å².